The number of rotatable bonds is 16. The van der Waals surface area contributed by atoms with Crippen LogP contribution in [0.3, 0.4) is 0 Å². The van der Waals surface area contributed by atoms with Gasteiger partial charge in [-0.15, -0.1) is 0 Å². The van der Waals surface area contributed by atoms with Crippen LogP contribution in [-0.4, -0.2) is 141 Å². The lowest BCUT2D eigenvalue weighted by atomic mass is 9.91. The normalized spacial score (nSPS) is 28.0. The van der Waals surface area contributed by atoms with Crippen LogP contribution in [0.1, 0.15) is 78.2 Å². The lowest BCUT2D eigenvalue weighted by Crippen LogP contribution is -2.64. The second-order valence-corrected chi connectivity index (χ2v) is 16.6. The molecule has 12 atom stereocenters. The van der Waals surface area contributed by atoms with Crippen molar-refractivity contribution in [3.05, 3.63) is 41.5 Å². The van der Waals surface area contributed by atoms with Gasteiger partial charge in [0.25, 0.3) is 5.79 Å². The smallest absolute Gasteiger partial charge is 0.308 e. The summed E-state index contributed by atoms with van der Waals surface area (Å²) < 4.78 is 86.4. The molecule has 3 aliphatic rings. The first kappa shape index (κ1) is 54.5. The van der Waals surface area contributed by atoms with E-state index in [-0.39, 0.29) is 34.1 Å². The maximum atomic E-state index is 14.4. The van der Waals surface area contributed by atoms with Crippen LogP contribution >= 0.6 is 15.9 Å². The van der Waals surface area contributed by atoms with E-state index in [0.29, 0.717) is 0 Å². The molecule has 25 heteroatoms. The van der Waals surface area contributed by atoms with Gasteiger partial charge in [0.15, 0.2) is 54.1 Å². The molecule has 0 aliphatic carbocycles. The van der Waals surface area contributed by atoms with Crippen LogP contribution in [0.15, 0.2) is 30.3 Å². The Hall–Kier alpha value is -6.41. The van der Waals surface area contributed by atoms with E-state index in [4.69, 9.17) is 71.1 Å². The minimum Gasteiger partial charge on any atom is -0.493 e. The second-order valence-electron chi connectivity index (χ2n) is 15.7. The van der Waals surface area contributed by atoms with Gasteiger partial charge < -0.3 is 71.1 Å². The van der Waals surface area contributed by atoms with Crippen LogP contribution in [0, 0.1) is 0 Å². The number of fused-ring (bicyclic) bond motifs is 1. The van der Waals surface area contributed by atoms with Gasteiger partial charge in [0, 0.05) is 80.2 Å². The van der Waals surface area contributed by atoms with E-state index in [1.165, 1.54) is 52.3 Å². The number of Topliss-reactive ketones (excluding diaryl/α,β-unsaturated/α-hetero) is 1. The molecule has 2 saturated heterocycles. The highest BCUT2D eigenvalue weighted by atomic mass is 79.9. The average molecular weight is 1060 g/mol. The van der Waals surface area contributed by atoms with E-state index < -0.39 is 138 Å². The number of hydrogen-bond acceptors (Lipinski definition) is 24. The summed E-state index contributed by atoms with van der Waals surface area (Å²) in [6, 6.07) is 6.56. The van der Waals surface area contributed by atoms with Gasteiger partial charge >= 0.3 is 47.8 Å². The minimum absolute atomic E-state index is 0.0519. The number of esters is 8. The minimum atomic E-state index is -2.03. The van der Waals surface area contributed by atoms with Crippen LogP contribution in [0.25, 0.3) is 0 Å². The molecule has 2 fully saturated rings. The van der Waals surface area contributed by atoms with E-state index in [9.17, 15) is 43.2 Å². The molecule has 24 nitrogen and oxygen atoms in total. The highest BCUT2D eigenvalue weighted by Gasteiger charge is 2.56. The molecule has 0 N–H and O–H groups in total. The first-order valence-electron chi connectivity index (χ1n) is 21.2. The fraction of sp³-hybridized carbons (Fsp3) is 0.533. The molecule has 2 aromatic carbocycles. The van der Waals surface area contributed by atoms with Crippen molar-refractivity contribution >= 4 is 69.5 Å². The van der Waals surface area contributed by atoms with Crippen LogP contribution in [0.2, 0.25) is 0 Å². The summed E-state index contributed by atoms with van der Waals surface area (Å²) in [6.45, 7) is 9.25. The quantitative estimate of drug-likeness (QED) is 0.101. The predicted molar refractivity (Wildman–Crippen MR) is 231 cm³/mol. The highest BCUT2D eigenvalue weighted by molar-refractivity contribution is 9.10. The monoisotopic (exact) mass is 1050 g/mol. The summed E-state index contributed by atoms with van der Waals surface area (Å²) >= 11 is 3.38. The Morgan fingerprint density at radius 2 is 1.09 bits per heavy atom. The van der Waals surface area contributed by atoms with Crippen molar-refractivity contribution in [2.75, 3.05) is 20.8 Å². The Morgan fingerprint density at radius 3 is 1.61 bits per heavy atom. The Labute approximate surface area is 408 Å². The van der Waals surface area contributed by atoms with E-state index in [0.717, 1.165) is 54.5 Å². The van der Waals surface area contributed by atoms with Crippen molar-refractivity contribution in [1.29, 1.82) is 0 Å². The molecule has 2 aromatic rings. The Morgan fingerprint density at radius 1 is 0.586 bits per heavy atom. The van der Waals surface area contributed by atoms with Gasteiger partial charge in [-0.1, -0.05) is 15.9 Å². The summed E-state index contributed by atoms with van der Waals surface area (Å²) in [5.74, 6) is -10.6. The summed E-state index contributed by atoms with van der Waals surface area (Å²) in [7, 11) is 2.57. The topological polar surface area (TPSA) is 292 Å². The second kappa shape index (κ2) is 23.0. The molecule has 0 amide bonds. The van der Waals surface area contributed by atoms with E-state index in [2.05, 4.69) is 15.9 Å². The lowest BCUT2D eigenvalue weighted by Gasteiger charge is -2.46. The summed E-state index contributed by atoms with van der Waals surface area (Å²) in [5.41, 5.74) is -0.131. The molecule has 5 rings (SSSR count). The van der Waals surface area contributed by atoms with E-state index in [1.807, 2.05) is 0 Å². The van der Waals surface area contributed by atoms with Gasteiger partial charge in [-0.05, 0) is 25.1 Å². The highest BCUT2D eigenvalue weighted by Crippen LogP contribution is 2.50. The molecule has 2 unspecified atom stereocenters. The largest absolute Gasteiger partial charge is 0.493 e. The fourth-order valence-electron chi connectivity index (χ4n) is 7.82. The number of ketones is 1. The van der Waals surface area contributed by atoms with Gasteiger partial charge in [0.2, 0.25) is 12.4 Å². The van der Waals surface area contributed by atoms with Crippen LogP contribution in [-0.2, 0) is 91.5 Å². The van der Waals surface area contributed by atoms with Crippen LogP contribution in [0.5, 0.6) is 28.7 Å². The number of halogens is 1. The maximum absolute atomic E-state index is 14.4. The molecule has 0 bridgehead atoms. The van der Waals surface area contributed by atoms with Gasteiger partial charge in [-0.25, -0.2) is 0 Å². The zero-order valence-electron chi connectivity index (χ0n) is 39.6. The molecule has 0 aromatic heterocycles. The molecule has 0 spiro atoms. The Kier molecular flexibility index (Phi) is 17.9. The van der Waals surface area contributed by atoms with Gasteiger partial charge in [-0.2, -0.15) is 0 Å². The number of carbonyl (C=O) groups is 9. The zero-order chi connectivity index (χ0) is 51.9. The molecule has 0 saturated carbocycles. The number of carbonyl (C=O) groups excluding carboxylic acids is 9. The Balaban J connectivity index is 1.61. The molecular formula is C45H51BrO24. The van der Waals surface area contributed by atoms with Crippen molar-refractivity contribution < 1.29 is 114 Å². The van der Waals surface area contributed by atoms with Gasteiger partial charge in [0.05, 0.1) is 19.8 Å². The Bertz CT molecular complexity index is 2370. The van der Waals surface area contributed by atoms with Crippen molar-refractivity contribution in [2.45, 2.75) is 134 Å². The van der Waals surface area contributed by atoms with Crippen molar-refractivity contribution in [3.63, 3.8) is 0 Å². The molecule has 382 valence electrons. The van der Waals surface area contributed by atoms with E-state index in [1.54, 1.807) is 0 Å². The third kappa shape index (κ3) is 12.7. The maximum Gasteiger partial charge on any atom is 0.308 e. The summed E-state index contributed by atoms with van der Waals surface area (Å²) in [6.07, 6.45) is -15.6. The lowest BCUT2D eigenvalue weighted by molar-refractivity contribution is -0.323. The van der Waals surface area contributed by atoms with Gasteiger partial charge in [-0.3, -0.25) is 43.2 Å². The number of alkyl halides is 1. The molecule has 0 radical (unpaired) electrons. The third-order valence-corrected chi connectivity index (χ3v) is 11.3. The molecule has 3 heterocycles. The standard InChI is InChI=1S/C45H51BrO24/c1-18-36(62-21(4)49)38(64-23(6)51)40(66-25(8)53)43(59-18)58-17-33-37(63-22(5)50)39(65-24(7)52)41(67-26(9)54)44(69-33)68-28-15-31(61-20(3)48)34-32(16-28)70-45(57-11,42(46)35(34)55)27-12-13-29(56-10)30(14-27)60-19(2)47/h12-16,18,33,36-44H,17H2,1-11H3/t18-,33+,36-,37+,38+,39-,40+,41+,42?,43+,44+,45?/m0/s1. The van der Waals surface area contributed by atoms with Crippen LogP contribution < -0.4 is 23.7 Å². The zero-order valence-corrected chi connectivity index (χ0v) is 41.2. The number of ether oxygens (including phenoxy) is 15. The fourth-order valence-corrected chi connectivity index (χ4v) is 8.59. The first-order chi connectivity index (χ1) is 32.9. The van der Waals surface area contributed by atoms with Crippen molar-refractivity contribution in [2.24, 2.45) is 0 Å². The molecule has 3 aliphatic heterocycles. The SMILES string of the molecule is COc1ccc(C2(OC)Oc3cc(O[C@@H]4O[C@H](CO[C@@H]5O[C@@H](C)[C@H](OC(C)=O)[C@@H](OC(C)=O)[C@H]5OC(C)=O)[C@@H](OC(C)=O)[C@H](OC(C)=O)[C@H]4OC(C)=O)cc(OC(C)=O)c3C(=O)C2Br)cc1OC(C)=O. The summed E-state index contributed by atoms with van der Waals surface area (Å²) in [4.78, 5) is 112. The van der Waals surface area contributed by atoms with E-state index >= 15 is 0 Å². The van der Waals surface area contributed by atoms with Crippen molar-refractivity contribution in [1.82, 2.24) is 0 Å². The number of methoxy groups -OCH3 is 2. The van der Waals surface area contributed by atoms with Gasteiger partial charge in [0.1, 0.15) is 33.7 Å². The molecule has 70 heavy (non-hydrogen) atoms. The first-order valence-corrected chi connectivity index (χ1v) is 22.1. The van der Waals surface area contributed by atoms with Crippen LogP contribution in [0.4, 0.5) is 0 Å². The van der Waals surface area contributed by atoms with Crippen molar-refractivity contribution in [3.8, 4) is 28.7 Å². The molecular weight excluding hydrogens is 1000 g/mol. The number of hydrogen-bond donors (Lipinski definition) is 0. The average Bonchev–Trinajstić information content (AvgIpc) is 3.24. The predicted octanol–water partition coefficient (Wildman–Crippen LogP) is 2.84. The number of benzene rings is 2. The summed E-state index contributed by atoms with van der Waals surface area (Å²) in [5, 5.41) is 0. The third-order valence-electron chi connectivity index (χ3n) is 10.3.